The Morgan fingerprint density at radius 1 is 1.33 bits per heavy atom. The minimum absolute atomic E-state index is 0.940. The van der Waals surface area contributed by atoms with Gasteiger partial charge in [0.15, 0.2) is 0 Å². The van der Waals surface area contributed by atoms with Crippen molar-refractivity contribution in [2.75, 3.05) is 7.05 Å². The van der Waals surface area contributed by atoms with Crippen LogP contribution in [0.5, 0.6) is 0 Å². The molecule has 2 bridgehead atoms. The lowest BCUT2D eigenvalue weighted by atomic mass is 9.91. The monoisotopic (exact) mass is 125 g/mol. The summed E-state index contributed by atoms with van der Waals surface area (Å²) in [7, 11) is 2.28. The fraction of sp³-hybridized carbons (Fsp3) is 1.00. The van der Waals surface area contributed by atoms with Crippen LogP contribution in [0.2, 0.25) is 0 Å². The summed E-state index contributed by atoms with van der Waals surface area (Å²) in [6.07, 6.45) is 4.38. The van der Waals surface area contributed by atoms with Crippen molar-refractivity contribution in [2.24, 2.45) is 5.92 Å². The molecule has 1 heteroatoms. The highest BCUT2D eigenvalue weighted by molar-refractivity contribution is 4.96. The van der Waals surface area contributed by atoms with E-state index in [1.807, 2.05) is 0 Å². The Morgan fingerprint density at radius 3 is 2.33 bits per heavy atom. The molecular formula is C8H15N. The van der Waals surface area contributed by atoms with Crippen molar-refractivity contribution in [1.82, 2.24) is 4.90 Å². The Balaban J connectivity index is 2.16. The molecule has 0 aromatic rings. The minimum Gasteiger partial charge on any atom is -0.300 e. The lowest BCUT2D eigenvalue weighted by molar-refractivity contribution is 0.296. The van der Waals surface area contributed by atoms with E-state index < -0.39 is 0 Å². The molecule has 0 aliphatic carbocycles. The molecule has 0 amide bonds. The second kappa shape index (κ2) is 1.72. The van der Waals surface area contributed by atoms with Crippen LogP contribution in [0.4, 0.5) is 0 Å². The Morgan fingerprint density at radius 2 is 2.11 bits per heavy atom. The van der Waals surface area contributed by atoms with Gasteiger partial charge in [-0.25, -0.2) is 0 Å². The van der Waals surface area contributed by atoms with Crippen LogP contribution in [0.3, 0.4) is 0 Å². The molecule has 0 saturated carbocycles. The Hall–Kier alpha value is -0.0400. The second-order valence-corrected chi connectivity index (χ2v) is 3.68. The molecule has 0 aromatic carbocycles. The molecule has 0 N–H and O–H groups in total. The second-order valence-electron chi connectivity index (χ2n) is 3.68. The summed E-state index contributed by atoms with van der Waals surface area (Å²) in [6.45, 7) is 2.39. The summed E-state index contributed by atoms with van der Waals surface area (Å²) in [4.78, 5) is 2.57. The van der Waals surface area contributed by atoms with E-state index in [0.717, 1.165) is 18.0 Å². The number of nitrogens with zero attached hydrogens (tertiary/aromatic N) is 1. The van der Waals surface area contributed by atoms with E-state index in [4.69, 9.17) is 0 Å². The molecule has 2 aliphatic heterocycles. The van der Waals surface area contributed by atoms with Gasteiger partial charge in [0, 0.05) is 12.1 Å². The van der Waals surface area contributed by atoms with Crippen LogP contribution in [0.15, 0.2) is 0 Å². The summed E-state index contributed by atoms with van der Waals surface area (Å²) < 4.78 is 0. The van der Waals surface area contributed by atoms with Crippen molar-refractivity contribution < 1.29 is 0 Å². The zero-order valence-corrected chi connectivity index (χ0v) is 6.30. The predicted octanol–water partition coefficient (Wildman–Crippen LogP) is 1.49. The van der Waals surface area contributed by atoms with Gasteiger partial charge in [-0.1, -0.05) is 6.92 Å². The first-order valence-corrected chi connectivity index (χ1v) is 4.01. The molecule has 3 atom stereocenters. The van der Waals surface area contributed by atoms with E-state index >= 15 is 0 Å². The molecule has 9 heavy (non-hydrogen) atoms. The fourth-order valence-corrected chi connectivity index (χ4v) is 2.60. The van der Waals surface area contributed by atoms with E-state index in [-0.39, 0.29) is 0 Å². The summed E-state index contributed by atoms with van der Waals surface area (Å²) >= 11 is 0. The molecule has 2 fully saturated rings. The first-order valence-electron chi connectivity index (χ1n) is 4.01. The molecule has 2 saturated heterocycles. The van der Waals surface area contributed by atoms with E-state index in [1.165, 1.54) is 19.3 Å². The predicted molar refractivity (Wildman–Crippen MR) is 38.4 cm³/mol. The first kappa shape index (κ1) is 5.72. The van der Waals surface area contributed by atoms with Gasteiger partial charge in [-0.15, -0.1) is 0 Å². The standard InChI is InChI=1S/C8H15N/c1-6-5-7-3-4-8(6)9(7)2/h6-8H,3-5H2,1-2H3. The molecule has 1 nitrogen and oxygen atoms in total. The van der Waals surface area contributed by atoms with Crippen molar-refractivity contribution in [3.63, 3.8) is 0 Å². The van der Waals surface area contributed by atoms with E-state index in [1.54, 1.807) is 0 Å². The summed E-state index contributed by atoms with van der Waals surface area (Å²) in [6, 6.07) is 1.89. The largest absolute Gasteiger partial charge is 0.300 e. The Labute approximate surface area is 57.0 Å². The van der Waals surface area contributed by atoms with Crippen molar-refractivity contribution in [3.8, 4) is 0 Å². The quantitative estimate of drug-likeness (QED) is 0.474. The molecule has 52 valence electrons. The van der Waals surface area contributed by atoms with Gasteiger partial charge in [-0.05, 0) is 32.2 Å². The smallest absolute Gasteiger partial charge is 0.0122 e. The molecule has 0 aromatic heterocycles. The van der Waals surface area contributed by atoms with Crippen LogP contribution in [0.1, 0.15) is 26.2 Å². The zero-order chi connectivity index (χ0) is 6.43. The Kier molecular flexibility index (Phi) is 1.10. The van der Waals surface area contributed by atoms with Crippen molar-refractivity contribution in [3.05, 3.63) is 0 Å². The van der Waals surface area contributed by atoms with Crippen molar-refractivity contribution >= 4 is 0 Å². The SMILES string of the molecule is CC1CC2CCC1N2C. The Bertz CT molecular complexity index is 122. The lowest BCUT2D eigenvalue weighted by Crippen LogP contribution is -2.24. The van der Waals surface area contributed by atoms with Crippen molar-refractivity contribution in [2.45, 2.75) is 38.3 Å². The average Bonchev–Trinajstić information content (AvgIpc) is 2.25. The van der Waals surface area contributed by atoms with Crippen LogP contribution in [-0.2, 0) is 0 Å². The molecule has 2 rings (SSSR count). The first-order chi connectivity index (χ1) is 4.29. The van der Waals surface area contributed by atoms with Crippen molar-refractivity contribution in [1.29, 1.82) is 0 Å². The highest BCUT2D eigenvalue weighted by Gasteiger charge is 2.41. The van der Waals surface area contributed by atoms with Gasteiger partial charge in [0.25, 0.3) is 0 Å². The molecule has 2 aliphatic rings. The van der Waals surface area contributed by atoms with Gasteiger partial charge >= 0.3 is 0 Å². The van der Waals surface area contributed by atoms with Crippen LogP contribution >= 0.6 is 0 Å². The summed E-state index contributed by atoms with van der Waals surface area (Å²) in [5.74, 6) is 0.980. The lowest BCUT2D eigenvalue weighted by Gasteiger charge is -2.16. The molecule has 0 radical (unpaired) electrons. The number of fused-ring (bicyclic) bond motifs is 2. The summed E-state index contributed by atoms with van der Waals surface area (Å²) in [5, 5.41) is 0. The topological polar surface area (TPSA) is 3.24 Å². The van der Waals surface area contributed by atoms with Gasteiger partial charge in [0.2, 0.25) is 0 Å². The van der Waals surface area contributed by atoms with Gasteiger partial charge in [-0.2, -0.15) is 0 Å². The number of hydrogen-bond acceptors (Lipinski definition) is 1. The van der Waals surface area contributed by atoms with Gasteiger partial charge in [-0.3, -0.25) is 0 Å². The van der Waals surface area contributed by atoms with E-state index in [9.17, 15) is 0 Å². The zero-order valence-electron chi connectivity index (χ0n) is 6.30. The molecule has 0 spiro atoms. The highest BCUT2D eigenvalue weighted by Crippen LogP contribution is 2.39. The fourth-order valence-electron chi connectivity index (χ4n) is 2.60. The van der Waals surface area contributed by atoms with Gasteiger partial charge < -0.3 is 4.90 Å². The van der Waals surface area contributed by atoms with E-state index in [2.05, 4.69) is 18.9 Å². The third-order valence-corrected chi connectivity index (χ3v) is 3.20. The normalized spacial score (nSPS) is 50.7. The molecule has 3 unspecified atom stereocenters. The van der Waals surface area contributed by atoms with Crippen LogP contribution < -0.4 is 0 Å². The van der Waals surface area contributed by atoms with Crippen LogP contribution in [-0.4, -0.2) is 24.0 Å². The third-order valence-electron chi connectivity index (χ3n) is 3.20. The third kappa shape index (κ3) is 0.644. The van der Waals surface area contributed by atoms with Gasteiger partial charge in [0.05, 0.1) is 0 Å². The summed E-state index contributed by atoms with van der Waals surface area (Å²) in [5.41, 5.74) is 0. The molecule has 2 heterocycles. The number of rotatable bonds is 0. The maximum Gasteiger partial charge on any atom is 0.0122 e. The van der Waals surface area contributed by atoms with Crippen LogP contribution in [0, 0.1) is 5.92 Å². The van der Waals surface area contributed by atoms with E-state index in [0.29, 0.717) is 0 Å². The van der Waals surface area contributed by atoms with Gasteiger partial charge in [0.1, 0.15) is 0 Å². The average molecular weight is 125 g/mol. The number of hydrogen-bond donors (Lipinski definition) is 0. The maximum absolute atomic E-state index is 2.57. The minimum atomic E-state index is 0.940. The maximum atomic E-state index is 2.57. The molecular weight excluding hydrogens is 110 g/mol. The van der Waals surface area contributed by atoms with Crippen LogP contribution in [0.25, 0.3) is 0 Å². The highest BCUT2D eigenvalue weighted by atomic mass is 15.2.